The summed E-state index contributed by atoms with van der Waals surface area (Å²) in [6, 6.07) is 13.2. The van der Waals surface area contributed by atoms with Crippen molar-refractivity contribution in [3.05, 3.63) is 65.2 Å². The molecular weight excluding hydrogens is 344 g/mol. The molecule has 0 amide bonds. The smallest absolute Gasteiger partial charge is 0.204 e. The Labute approximate surface area is 155 Å². The fourth-order valence-corrected chi connectivity index (χ4v) is 3.08. The van der Waals surface area contributed by atoms with Crippen molar-refractivity contribution in [2.75, 3.05) is 0 Å². The van der Waals surface area contributed by atoms with Crippen molar-refractivity contribution in [1.82, 2.24) is 29.9 Å². The number of tetrazole rings is 1. The van der Waals surface area contributed by atoms with Crippen molar-refractivity contribution in [2.24, 2.45) is 0 Å². The summed E-state index contributed by atoms with van der Waals surface area (Å²) in [5.74, 6) is 1.77. The van der Waals surface area contributed by atoms with Crippen LogP contribution in [-0.4, -0.2) is 35.7 Å². The molecule has 8 heteroatoms. The van der Waals surface area contributed by atoms with Crippen molar-refractivity contribution in [1.29, 1.82) is 0 Å². The van der Waals surface area contributed by atoms with Crippen LogP contribution in [0.25, 0.3) is 17.2 Å². The van der Waals surface area contributed by atoms with Crippen LogP contribution in [0.2, 0.25) is 0 Å². The third-order valence-corrected chi connectivity index (χ3v) is 4.35. The van der Waals surface area contributed by atoms with Gasteiger partial charge in [-0.3, -0.25) is 9.36 Å². The molecule has 0 aliphatic carbocycles. The average Bonchev–Trinajstić information content (AvgIpc) is 3.36. The van der Waals surface area contributed by atoms with Gasteiger partial charge in [0.1, 0.15) is 12.3 Å². The molecule has 4 aromatic rings. The van der Waals surface area contributed by atoms with Crippen LogP contribution in [0.1, 0.15) is 27.5 Å². The number of aryl methyl sites for hydroxylation is 2. The van der Waals surface area contributed by atoms with Crippen molar-refractivity contribution in [3.63, 3.8) is 0 Å². The second-order valence-electron chi connectivity index (χ2n) is 6.35. The molecule has 0 fully saturated rings. The van der Waals surface area contributed by atoms with Crippen molar-refractivity contribution in [3.8, 4) is 17.2 Å². The van der Waals surface area contributed by atoms with Gasteiger partial charge < -0.3 is 4.52 Å². The van der Waals surface area contributed by atoms with Crippen LogP contribution in [0.3, 0.4) is 0 Å². The molecule has 3 heterocycles. The molecule has 0 spiro atoms. The minimum Gasteiger partial charge on any atom is -0.360 e. The highest BCUT2D eigenvalue weighted by Gasteiger charge is 2.19. The summed E-state index contributed by atoms with van der Waals surface area (Å²) >= 11 is 0. The number of ketones is 1. The zero-order chi connectivity index (χ0) is 19.0. The number of rotatable bonds is 5. The van der Waals surface area contributed by atoms with Crippen LogP contribution in [0.4, 0.5) is 0 Å². The van der Waals surface area contributed by atoms with E-state index in [0.717, 1.165) is 17.0 Å². The first kappa shape index (κ1) is 16.9. The molecule has 0 unspecified atom stereocenters. The summed E-state index contributed by atoms with van der Waals surface area (Å²) in [6.07, 6.45) is 0. The lowest BCUT2D eigenvalue weighted by molar-refractivity contribution is 0.0961. The Hall–Kier alpha value is -3.55. The van der Waals surface area contributed by atoms with Crippen LogP contribution in [0.15, 0.2) is 47.0 Å². The zero-order valence-corrected chi connectivity index (χ0v) is 15.2. The molecule has 27 heavy (non-hydrogen) atoms. The minimum absolute atomic E-state index is 0.0158. The monoisotopic (exact) mass is 362 g/mol. The van der Waals surface area contributed by atoms with Crippen LogP contribution in [0, 0.1) is 20.8 Å². The Kier molecular flexibility index (Phi) is 4.15. The molecule has 0 radical (unpaired) electrons. The lowest BCUT2D eigenvalue weighted by Gasteiger charge is -2.04. The van der Waals surface area contributed by atoms with Gasteiger partial charge in [-0.15, -0.1) is 10.2 Å². The van der Waals surface area contributed by atoms with Gasteiger partial charge in [-0.2, -0.15) is 4.80 Å². The first-order chi connectivity index (χ1) is 13.0. The Bertz CT molecular complexity index is 1110. The number of carbonyl (C=O) groups is 1. The minimum atomic E-state index is -0.0911. The van der Waals surface area contributed by atoms with Gasteiger partial charge in [0.05, 0.1) is 0 Å². The highest BCUT2D eigenvalue weighted by molar-refractivity contribution is 5.97. The standard InChI is InChI=1S/C19H18N6O2/c1-12-9-16(14(3)25(12)18-10-13(2)27-22-18)17(26)11-24-21-19(20-23-24)15-7-5-4-6-8-15/h4-10H,11H2,1-3H3. The molecule has 0 aliphatic heterocycles. The maximum absolute atomic E-state index is 12.8. The van der Waals surface area contributed by atoms with Gasteiger partial charge in [-0.05, 0) is 32.1 Å². The Morgan fingerprint density at radius 3 is 2.59 bits per heavy atom. The molecule has 0 atom stereocenters. The van der Waals surface area contributed by atoms with Crippen LogP contribution < -0.4 is 0 Å². The maximum atomic E-state index is 12.8. The molecule has 0 saturated heterocycles. The van der Waals surface area contributed by atoms with Gasteiger partial charge in [0, 0.05) is 28.6 Å². The van der Waals surface area contributed by atoms with E-state index in [1.165, 1.54) is 4.80 Å². The third kappa shape index (κ3) is 3.17. The highest BCUT2D eigenvalue weighted by atomic mass is 16.5. The van der Waals surface area contributed by atoms with E-state index in [0.29, 0.717) is 23.0 Å². The molecule has 1 aromatic carbocycles. The Morgan fingerprint density at radius 2 is 1.89 bits per heavy atom. The second-order valence-corrected chi connectivity index (χ2v) is 6.35. The van der Waals surface area contributed by atoms with E-state index in [1.807, 2.05) is 67.8 Å². The lowest BCUT2D eigenvalue weighted by Crippen LogP contribution is -2.14. The molecule has 0 aliphatic rings. The fraction of sp³-hybridized carbons (Fsp3) is 0.211. The first-order valence-electron chi connectivity index (χ1n) is 8.52. The molecule has 0 saturated carbocycles. The molecule has 0 bridgehead atoms. The van der Waals surface area contributed by atoms with Crippen molar-refractivity contribution >= 4 is 5.78 Å². The largest absolute Gasteiger partial charge is 0.360 e. The fourth-order valence-electron chi connectivity index (χ4n) is 3.08. The van der Waals surface area contributed by atoms with E-state index < -0.39 is 0 Å². The number of hydrogen-bond donors (Lipinski definition) is 0. The third-order valence-electron chi connectivity index (χ3n) is 4.35. The quantitative estimate of drug-likeness (QED) is 0.507. The summed E-state index contributed by atoms with van der Waals surface area (Å²) in [5.41, 5.74) is 3.16. The van der Waals surface area contributed by atoms with E-state index in [9.17, 15) is 4.79 Å². The van der Waals surface area contributed by atoms with E-state index in [2.05, 4.69) is 20.6 Å². The number of nitrogens with zero attached hydrogens (tertiary/aromatic N) is 6. The lowest BCUT2D eigenvalue weighted by atomic mass is 10.1. The number of aromatic nitrogens is 6. The van der Waals surface area contributed by atoms with E-state index >= 15 is 0 Å². The van der Waals surface area contributed by atoms with Gasteiger partial charge in [0.15, 0.2) is 11.6 Å². The highest BCUT2D eigenvalue weighted by Crippen LogP contribution is 2.21. The van der Waals surface area contributed by atoms with Crippen molar-refractivity contribution in [2.45, 2.75) is 27.3 Å². The van der Waals surface area contributed by atoms with Crippen LogP contribution >= 0.6 is 0 Å². The maximum Gasteiger partial charge on any atom is 0.204 e. The summed E-state index contributed by atoms with van der Waals surface area (Å²) in [7, 11) is 0. The van der Waals surface area contributed by atoms with Gasteiger partial charge in [-0.25, -0.2) is 0 Å². The number of benzene rings is 1. The SMILES string of the molecule is Cc1cc(-n2c(C)cc(C(=O)Cn3nnc(-c4ccccc4)n3)c2C)no1. The summed E-state index contributed by atoms with van der Waals surface area (Å²) in [5, 5.41) is 16.4. The number of hydrogen-bond acceptors (Lipinski definition) is 6. The summed E-state index contributed by atoms with van der Waals surface area (Å²) in [6.45, 7) is 5.66. The molecule has 4 rings (SSSR count). The summed E-state index contributed by atoms with van der Waals surface area (Å²) < 4.78 is 7.05. The number of Topliss-reactive ketones (excluding diaryl/α,β-unsaturated/α-hetero) is 1. The Morgan fingerprint density at radius 1 is 1.11 bits per heavy atom. The molecule has 136 valence electrons. The van der Waals surface area contributed by atoms with Gasteiger partial charge in [0.25, 0.3) is 0 Å². The molecule has 0 N–H and O–H groups in total. The van der Waals surface area contributed by atoms with Gasteiger partial charge in [-0.1, -0.05) is 35.5 Å². The summed E-state index contributed by atoms with van der Waals surface area (Å²) in [4.78, 5) is 14.1. The molecule has 8 nitrogen and oxygen atoms in total. The van der Waals surface area contributed by atoms with Gasteiger partial charge in [0.2, 0.25) is 5.82 Å². The van der Waals surface area contributed by atoms with Crippen LogP contribution in [0.5, 0.6) is 0 Å². The van der Waals surface area contributed by atoms with E-state index in [1.54, 1.807) is 0 Å². The van der Waals surface area contributed by atoms with Crippen LogP contribution in [-0.2, 0) is 6.54 Å². The zero-order valence-electron chi connectivity index (χ0n) is 15.2. The van der Waals surface area contributed by atoms with E-state index in [-0.39, 0.29) is 12.3 Å². The van der Waals surface area contributed by atoms with Gasteiger partial charge >= 0.3 is 0 Å². The average molecular weight is 362 g/mol. The predicted molar refractivity (Wildman–Crippen MR) is 97.6 cm³/mol. The topological polar surface area (TPSA) is 91.6 Å². The second kappa shape index (κ2) is 6.64. The first-order valence-corrected chi connectivity index (χ1v) is 8.52. The number of carbonyl (C=O) groups excluding carboxylic acids is 1. The predicted octanol–water partition coefficient (Wildman–Crippen LogP) is 2.93. The molecular formula is C19H18N6O2. The van der Waals surface area contributed by atoms with Crippen molar-refractivity contribution < 1.29 is 9.32 Å². The van der Waals surface area contributed by atoms with E-state index in [4.69, 9.17) is 4.52 Å². The molecule has 3 aromatic heterocycles. The Balaban J connectivity index is 1.58. The normalized spacial score (nSPS) is 11.1.